The van der Waals surface area contributed by atoms with Gasteiger partial charge in [-0.15, -0.1) is 0 Å². The van der Waals surface area contributed by atoms with Gasteiger partial charge in [0.1, 0.15) is 24.8 Å². The molecule has 3 saturated heterocycles. The van der Waals surface area contributed by atoms with Gasteiger partial charge in [0.15, 0.2) is 0 Å². The van der Waals surface area contributed by atoms with Crippen LogP contribution < -0.4 is 31.1 Å². The fraction of sp³-hybridized carbons (Fsp3) is 0.409. The zero-order valence-electron chi connectivity index (χ0n) is 35.4. The first-order valence-corrected chi connectivity index (χ1v) is 25.1. The number of carbonyl (C=O) groups excluding carboxylic acids is 4. The molecule has 14 nitrogen and oxygen atoms in total. The number of nitrogens with zero attached hydrogens (tertiary/aromatic N) is 6. The Kier molecular flexibility index (Phi) is 12.9. The number of amides is 4. The maximum absolute atomic E-state index is 15.5. The second-order valence-corrected chi connectivity index (χ2v) is 21.8. The molecule has 4 amide bonds. The predicted molar refractivity (Wildman–Crippen MR) is 249 cm³/mol. The van der Waals surface area contributed by atoms with Crippen LogP contribution in [0.5, 0.6) is 0 Å². The summed E-state index contributed by atoms with van der Waals surface area (Å²) in [4.78, 5) is 67.1. The van der Waals surface area contributed by atoms with E-state index in [9.17, 15) is 23.7 Å². The summed E-state index contributed by atoms with van der Waals surface area (Å²) in [6, 6.07) is 8.99. The molecule has 1 unspecified atom stereocenters. The van der Waals surface area contributed by atoms with Crippen LogP contribution in [0, 0.1) is 25.6 Å². The number of halogens is 4. The first kappa shape index (κ1) is 45.0. The van der Waals surface area contributed by atoms with Gasteiger partial charge >= 0.3 is 0 Å². The number of hydrogen-bond donors (Lipinski definition) is 3. The molecule has 63 heavy (non-hydrogen) atoms. The van der Waals surface area contributed by atoms with E-state index in [4.69, 9.17) is 28.2 Å². The minimum absolute atomic E-state index is 0.0148. The van der Waals surface area contributed by atoms with Crippen LogP contribution in [0.1, 0.15) is 63.9 Å². The summed E-state index contributed by atoms with van der Waals surface area (Å²) in [5.41, 5.74) is 4.45. The summed E-state index contributed by atoms with van der Waals surface area (Å²) in [6.07, 6.45) is 4.41. The number of rotatable bonds is 11. The van der Waals surface area contributed by atoms with Gasteiger partial charge in [0.2, 0.25) is 17.8 Å². The highest BCUT2D eigenvalue weighted by molar-refractivity contribution is 9.10. The Bertz CT molecular complexity index is 2580. The van der Waals surface area contributed by atoms with Gasteiger partial charge in [-0.25, -0.2) is 9.37 Å². The number of fused-ring (bicyclic) bond motifs is 1. The zero-order valence-corrected chi connectivity index (χ0v) is 39.4. The Morgan fingerprint density at radius 1 is 0.857 bits per heavy atom. The maximum atomic E-state index is 15.5. The van der Waals surface area contributed by atoms with Crippen LogP contribution in [-0.4, -0.2) is 109 Å². The number of anilines is 6. The Balaban J connectivity index is 0.828. The summed E-state index contributed by atoms with van der Waals surface area (Å²) >= 11 is 17.3. The normalized spacial score (nSPS) is 18.9. The molecule has 332 valence electrons. The first-order chi connectivity index (χ1) is 30.0. The zero-order chi connectivity index (χ0) is 44.9. The molecule has 8 rings (SSSR count). The van der Waals surface area contributed by atoms with Crippen molar-refractivity contribution in [2.45, 2.75) is 52.0 Å². The lowest BCUT2D eigenvalue weighted by atomic mass is 9.92. The molecule has 0 bridgehead atoms. The highest BCUT2D eigenvalue weighted by Gasteiger charge is 2.45. The average Bonchev–Trinajstić information content (AvgIpc) is 3.47. The standard InChI is InChI=1S/C44H48BrCl2FN9O5P/c1-24-5-6-33(39(25(24)2)63(3,4)62)50-40-29(45)23-49-44(53-40)51-34-21-31(47)36(22-30(34)46)56-17-15-54(16-18-56)12-9-26-10-13-55(14-11-26)37-20-28-27(19-32(37)48)42(60)57(43(28)61)35-7-8-38(58)52-41(35)59/h5-6,19-23,26,35H,7-18H2,1-4H3,(H,52,58,59)(H2,49,50,51,53). The van der Waals surface area contributed by atoms with E-state index in [2.05, 4.69) is 46.7 Å². The van der Waals surface area contributed by atoms with Crippen molar-refractivity contribution in [2.24, 2.45) is 5.92 Å². The van der Waals surface area contributed by atoms with E-state index in [-0.39, 0.29) is 29.7 Å². The number of piperidine rings is 2. The monoisotopic (exact) mass is 981 g/mol. The van der Waals surface area contributed by atoms with Crippen molar-refractivity contribution in [3.63, 3.8) is 0 Å². The molecular formula is C44H48BrCl2FN9O5P. The third kappa shape index (κ3) is 9.33. The summed E-state index contributed by atoms with van der Waals surface area (Å²) < 4.78 is 29.4. The second kappa shape index (κ2) is 18.1. The van der Waals surface area contributed by atoms with Crippen LogP contribution in [0.25, 0.3) is 0 Å². The lowest BCUT2D eigenvalue weighted by Gasteiger charge is -2.38. The van der Waals surface area contributed by atoms with E-state index >= 15 is 4.39 Å². The number of benzene rings is 3. The molecule has 4 aliphatic rings. The number of nitrogens with one attached hydrogen (secondary N) is 3. The van der Waals surface area contributed by atoms with E-state index in [1.54, 1.807) is 25.6 Å². The van der Waals surface area contributed by atoms with Gasteiger partial charge in [-0.3, -0.25) is 34.3 Å². The van der Waals surface area contributed by atoms with Gasteiger partial charge in [-0.05, 0) is 123 Å². The Hall–Kier alpha value is -4.60. The lowest BCUT2D eigenvalue weighted by Crippen LogP contribution is -2.54. The number of imide groups is 2. The van der Waals surface area contributed by atoms with E-state index in [1.165, 1.54) is 6.07 Å². The summed E-state index contributed by atoms with van der Waals surface area (Å²) in [5.74, 6) is -1.85. The molecule has 3 N–H and O–H groups in total. The number of aromatic nitrogens is 2. The van der Waals surface area contributed by atoms with Crippen molar-refractivity contribution >= 4 is 110 Å². The molecule has 1 atom stereocenters. The summed E-state index contributed by atoms with van der Waals surface area (Å²) in [7, 11) is -2.62. The van der Waals surface area contributed by atoms with Crippen LogP contribution in [-0.2, 0) is 14.2 Å². The Morgan fingerprint density at radius 2 is 1.54 bits per heavy atom. The van der Waals surface area contributed by atoms with Gasteiger partial charge in [0, 0.05) is 57.2 Å². The Labute approximate surface area is 383 Å². The molecule has 4 aromatic rings. The Morgan fingerprint density at radius 3 is 2.22 bits per heavy atom. The smallest absolute Gasteiger partial charge is 0.262 e. The minimum Gasteiger partial charge on any atom is -0.369 e. The molecule has 0 radical (unpaired) electrons. The van der Waals surface area contributed by atoms with Crippen molar-refractivity contribution in [3.05, 3.63) is 85.2 Å². The quantitative estimate of drug-likeness (QED) is 0.0988. The van der Waals surface area contributed by atoms with Crippen LogP contribution in [0.15, 0.2) is 47.1 Å². The molecule has 3 aromatic carbocycles. The number of carbonyl (C=O) groups is 4. The topological polar surface area (TPSA) is 160 Å². The van der Waals surface area contributed by atoms with E-state index in [0.717, 1.165) is 90.8 Å². The van der Waals surface area contributed by atoms with E-state index in [1.807, 2.05) is 36.9 Å². The lowest BCUT2D eigenvalue weighted by molar-refractivity contribution is -0.136. The van der Waals surface area contributed by atoms with Crippen LogP contribution in [0.2, 0.25) is 10.0 Å². The average molecular weight is 984 g/mol. The fourth-order valence-corrected chi connectivity index (χ4v) is 11.5. The van der Waals surface area contributed by atoms with Crippen LogP contribution in [0.4, 0.5) is 38.9 Å². The maximum Gasteiger partial charge on any atom is 0.262 e. The molecule has 0 saturated carbocycles. The molecule has 0 aliphatic carbocycles. The second-order valence-electron chi connectivity index (χ2n) is 17.0. The molecular weight excluding hydrogens is 935 g/mol. The summed E-state index contributed by atoms with van der Waals surface area (Å²) in [5, 5.41) is 10.5. The van der Waals surface area contributed by atoms with Gasteiger partial charge in [0.25, 0.3) is 11.8 Å². The number of hydrogen-bond acceptors (Lipinski definition) is 12. The largest absolute Gasteiger partial charge is 0.369 e. The van der Waals surface area contributed by atoms with E-state index < -0.39 is 42.6 Å². The molecule has 0 spiro atoms. The molecule has 1 aromatic heterocycles. The van der Waals surface area contributed by atoms with Gasteiger partial charge in [0.05, 0.1) is 48.4 Å². The first-order valence-electron chi connectivity index (χ1n) is 21.0. The third-order valence-electron chi connectivity index (χ3n) is 12.5. The van der Waals surface area contributed by atoms with Crippen molar-refractivity contribution in [1.82, 2.24) is 25.1 Å². The van der Waals surface area contributed by atoms with Gasteiger partial charge in [-0.2, -0.15) is 4.98 Å². The fourth-order valence-electron chi connectivity index (χ4n) is 8.99. The van der Waals surface area contributed by atoms with Crippen molar-refractivity contribution in [3.8, 4) is 0 Å². The minimum atomic E-state index is -2.62. The summed E-state index contributed by atoms with van der Waals surface area (Å²) in [6.45, 7) is 12.9. The van der Waals surface area contributed by atoms with E-state index in [0.29, 0.717) is 51.0 Å². The molecule has 4 aliphatic heterocycles. The highest BCUT2D eigenvalue weighted by Crippen LogP contribution is 2.42. The molecule has 5 heterocycles. The molecule has 19 heteroatoms. The third-order valence-corrected chi connectivity index (χ3v) is 15.4. The van der Waals surface area contributed by atoms with Gasteiger partial charge < -0.3 is 25.0 Å². The van der Waals surface area contributed by atoms with Crippen LogP contribution >= 0.6 is 46.3 Å². The SMILES string of the molecule is Cc1ccc(Nc2nc(Nc3cc(Cl)c(N4CCN(CCC5CCN(c6cc7c(cc6F)C(=O)N(C6CCC(=O)NC6=O)C7=O)CC5)CC4)cc3Cl)ncc2Br)c(P(C)(C)=O)c1C. The van der Waals surface area contributed by atoms with Crippen molar-refractivity contribution in [2.75, 3.05) is 79.6 Å². The molecule has 3 fully saturated rings. The van der Waals surface area contributed by atoms with Gasteiger partial charge in [-0.1, -0.05) is 29.3 Å². The highest BCUT2D eigenvalue weighted by atomic mass is 79.9. The van der Waals surface area contributed by atoms with Crippen LogP contribution in [0.3, 0.4) is 0 Å². The van der Waals surface area contributed by atoms with Crippen molar-refractivity contribution < 1.29 is 28.1 Å². The predicted octanol–water partition coefficient (Wildman–Crippen LogP) is 7.87. The number of piperazine rings is 1. The van der Waals surface area contributed by atoms with Crippen molar-refractivity contribution in [1.29, 1.82) is 0 Å². The number of aryl methyl sites for hydroxylation is 1.